The fourth-order valence-electron chi connectivity index (χ4n) is 2.90. The highest BCUT2D eigenvalue weighted by Gasteiger charge is 2.30. The van der Waals surface area contributed by atoms with Crippen LogP contribution in [0.4, 0.5) is 0 Å². The van der Waals surface area contributed by atoms with Gasteiger partial charge in [0.05, 0.1) is 13.2 Å². The summed E-state index contributed by atoms with van der Waals surface area (Å²) in [7, 11) is 1.63. The highest BCUT2D eigenvalue weighted by Crippen LogP contribution is 2.30. The standard InChI is InChI=1S/C19H32N2O2/c1-7-18(2,3)13-19(4,5)21-17(22)16(20)12-14-8-10-15(23-6)11-9-14/h8-11,16H,7,12-13,20H2,1-6H3,(H,21,22). The number of nitrogens with two attached hydrogens (primary N) is 1. The van der Waals surface area contributed by atoms with E-state index < -0.39 is 6.04 Å². The minimum Gasteiger partial charge on any atom is -0.497 e. The molecular weight excluding hydrogens is 288 g/mol. The average molecular weight is 320 g/mol. The maximum Gasteiger partial charge on any atom is 0.237 e. The van der Waals surface area contributed by atoms with Gasteiger partial charge in [-0.25, -0.2) is 0 Å². The first-order valence-electron chi connectivity index (χ1n) is 8.29. The molecule has 0 aliphatic carbocycles. The maximum absolute atomic E-state index is 12.4. The van der Waals surface area contributed by atoms with Crippen molar-refractivity contribution in [2.45, 2.75) is 65.5 Å². The van der Waals surface area contributed by atoms with E-state index >= 15 is 0 Å². The van der Waals surface area contributed by atoms with Crippen LogP contribution in [-0.4, -0.2) is 24.6 Å². The van der Waals surface area contributed by atoms with Gasteiger partial charge in [0, 0.05) is 5.54 Å². The van der Waals surface area contributed by atoms with Crippen LogP contribution in [0.2, 0.25) is 0 Å². The van der Waals surface area contributed by atoms with Crippen molar-refractivity contribution in [3.05, 3.63) is 29.8 Å². The Morgan fingerprint density at radius 1 is 1.22 bits per heavy atom. The second-order valence-corrected chi connectivity index (χ2v) is 7.73. The highest BCUT2D eigenvalue weighted by atomic mass is 16.5. The SMILES string of the molecule is CCC(C)(C)CC(C)(C)NC(=O)C(N)Cc1ccc(OC)cc1. The van der Waals surface area contributed by atoms with Crippen LogP contribution in [0.1, 0.15) is 53.0 Å². The number of methoxy groups -OCH3 is 1. The molecule has 0 aromatic heterocycles. The van der Waals surface area contributed by atoms with Crippen molar-refractivity contribution in [2.75, 3.05) is 7.11 Å². The number of hydrogen-bond acceptors (Lipinski definition) is 3. The molecule has 0 heterocycles. The van der Waals surface area contributed by atoms with Gasteiger partial charge in [-0.3, -0.25) is 4.79 Å². The Labute approximate surface area is 140 Å². The summed E-state index contributed by atoms with van der Waals surface area (Å²) in [6, 6.07) is 7.10. The molecule has 0 spiro atoms. The average Bonchev–Trinajstić information content (AvgIpc) is 2.46. The van der Waals surface area contributed by atoms with Crippen molar-refractivity contribution < 1.29 is 9.53 Å². The quantitative estimate of drug-likeness (QED) is 0.772. The summed E-state index contributed by atoms with van der Waals surface area (Å²) >= 11 is 0. The van der Waals surface area contributed by atoms with Gasteiger partial charge in [0.2, 0.25) is 5.91 Å². The predicted octanol–water partition coefficient (Wildman–Crippen LogP) is 3.29. The molecule has 0 fully saturated rings. The summed E-state index contributed by atoms with van der Waals surface area (Å²) < 4.78 is 5.13. The summed E-state index contributed by atoms with van der Waals surface area (Å²) in [5.74, 6) is 0.701. The van der Waals surface area contributed by atoms with Crippen molar-refractivity contribution in [1.29, 1.82) is 0 Å². The third-order valence-corrected chi connectivity index (χ3v) is 4.29. The van der Waals surface area contributed by atoms with Crippen molar-refractivity contribution in [2.24, 2.45) is 11.1 Å². The molecule has 1 aromatic carbocycles. The molecule has 4 nitrogen and oxygen atoms in total. The fourth-order valence-corrected chi connectivity index (χ4v) is 2.90. The zero-order chi connectivity index (χ0) is 17.7. The molecule has 0 bridgehead atoms. The van der Waals surface area contributed by atoms with Crippen molar-refractivity contribution >= 4 is 5.91 Å². The van der Waals surface area contributed by atoms with E-state index in [1.807, 2.05) is 24.3 Å². The van der Waals surface area contributed by atoms with E-state index in [0.29, 0.717) is 6.42 Å². The Bertz CT molecular complexity index is 507. The van der Waals surface area contributed by atoms with Crippen molar-refractivity contribution in [3.8, 4) is 5.75 Å². The van der Waals surface area contributed by atoms with Crippen molar-refractivity contribution in [3.63, 3.8) is 0 Å². The molecular formula is C19H32N2O2. The first kappa shape index (κ1) is 19.5. The number of rotatable bonds is 8. The first-order chi connectivity index (χ1) is 10.6. The predicted molar refractivity (Wildman–Crippen MR) is 95.6 cm³/mol. The lowest BCUT2D eigenvalue weighted by Gasteiger charge is -2.35. The molecule has 0 saturated heterocycles. The van der Waals surface area contributed by atoms with Gasteiger partial charge >= 0.3 is 0 Å². The number of carbonyl (C=O) groups excluding carboxylic acids is 1. The summed E-state index contributed by atoms with van der Waals surface area (Å²) in [5.41, 5.74) is 7.03. The van der Waals surface area contributed by atoms with E-state index in [-0.39, 0.29) is 16.9 Å². The summed E-state index contributed by atoms with van der Waals surface area (Å²) in [6.07, 6.45) is 2.50. The van der Waals surface area contributed by atoms with E-state index in [1.54, 1.807) is 7.11 Å². The van der Waals surface area contributed by atoms with Gasteiger partial charge in [0.25, 0.3) is 0 Å². The van der Waals surface area contributed by atoms with E-state index in [0.717, 1.165) is 24.2 Å². The number of hydrogen-bond donors (Lipinski definition) is 2. The number of nitrogens with one attached hydrogen (secondary N) is 1. The van der Waals surface area contributed by atoms with Crippen LogP contribution < -0.4 is 15.8 Å². The zero-order valence-electron chi connectivity index (χ0n) is 15.4. The lowest BCUT2D eigenvalue weighted by Crippen LogP contribution is -2.52. The van der Waals surface area contributed by atoms with Crippen LogP contribution in [-0.2, 0) is 11.2 Å². The third-order valence-electron chi connectivity index (χ3n) is 4.29. The molecule has 0 saturated carbocycles. The van der Waals surface area contributed by atoms with Gasteiger partial charge in [-0.1, -0.05) is 39.3 Å². The van der Waals surface area contributed by atoms with Crippen LogP contribution in [0.3, 0.4) is 0 Å². The molecule has 0 aliphatic heterocycles. The number of carbonyl (C=O) groups is 1. The van der Waals surface area contributed by atoms with E-state index in [9.17, 15) is 4.79 Å². The van der Waals surface area contributed by atoms with E-state index in [4.69, 9.17) is 10.5 Å². The first-order valence-corrected chi connectivity index (χ1v) is 8.29. The van der Waals surface area contributed by atoms with Gasteiger partial charge in [0.1, 0.15) is 5.75 Å². The number of benzene rings is 1. The number of amides is 1. The molecule has 1 amide bonds. The Morgan fingerprint density at radius 2 is 1.78 bits per heavy atom. The fraction of sp³-hybridized carbons (Fsp3) is 0.632. The van der Waals surface area contributed by atoms with Crippen LogP contribution in [0.15, 0.2) is 24.3 Å². The second-order valence-electron chi connectivity index (χ2n) is 7.73. The van der Waals surface area contributed by atoms with Crippen LogP contribution in [0.5, 0.6) is 5.75 Å². The summed E-state index contributed by atoms with van der Waals surface area (Å²) in [6.45, 7) is 10.7. The number of ether oxygens (including phenoxy) is 1. The zero-order valence-corrected chi connectivity index (χ0v) is 15.4. The molecule has 23 heavy (non-hydrogen) atoms. The molecule has 130 valence electrons. The van der Waals surface area contributed by atoms with Gasteiger partial charge in [0.15, 0.2) is 0 Å². The third kappa shape index (κ3) is 6.61. The molecule has 0 radical (unpaired) electrons. The maximum atomic E-state index is 12.4. The topological polar surface area (TPSA) is 64.4 Å². The Hall–Kier alpha value is -1.55. The summed E-state index contributed by atoms with van der Waals surface area (Å²) in [5, 5.41) is 3.10. The lowest BCUT2D eigenvalue weighted by atomic mass is 9.78. The minimum atomic E-state index is -0.549. The summed E-state index contributed by atoms with van der Waals surface area (Å²) in [4.78, 5) is 12.4. The van der Waals surface area contributed by atoms with Gasteiger partial charge in [-0.2, -0.15) is 0 Å². The normalized spacial score (nSPS) is 13.5. The van der Waals surface area contributed by atoms with E-state index in [1.165, 1.54) is 0 Å². The van der Waals surface area contributed by atoms with Gasteiger partial charge < -0.3 is 15.8 Å². The Balaban J connectivity index is 2.61. The van der Waals surface area contributed by atoms with Crippen molar-refractivity contribution in [1.82, 2.24) is 5.32 Å². The Kier molecular flexibility index (Phi) is 6.63. The molecule has 0 aliphatic rings. The van der Waals surface area contributed by atoms with Gasteiger partial charge in [-0.05, 0) is 49.8 Å². The lowest BCUT2D eigenvalue weighted by molar-refractivity contribution is -0.124. The van der Waals surface area contributed by atoms with Gasteiger partial charge in [-0.15, -0.1) is 0 Å². The van der Waals surface area contributed by atoms with E-state index in [2.05, 4.69) is 39.9 Å². The smallest absolute Gasteiger partial charge is 0.237 e. The molecule has 1 unspecified atom stereocenters. The largest absolute Gasteiger partial charge is 0.497 e. The van der Waals surface area contributed by atoms with Crippen LogP contribution >= 0.6 is 0 Å². The molecule has 4 heteroatoms. The second kappa shape index (κ2) is 7.82. The monoisotopic (exact) mass is 320 g/mol. The Morgan fingerprint density at radius 3 is 2.26 bits per heavy atom. The molecule has 1 atom stereocenters. The molecule has 1 aromatic rings. The minimum absolute atomic E-state index is 0.0993. The molecule has 1 rings (SSSR count). The van der Waals surface area contributed by atoms with Crippen LogP contribution in [0, 0.1) is 5.41 Å². The highest BCUT2D eigenvalue weighted by molar-refractivity contribution is 5.82. The molecule has 3 N–H and O–H groups in total. The van der Waals surface area contributed by atoms with Crippen LogP contribution in [0.25, 0.3) is 0 Å².